The van der Waals surface area contributed by atoms with E-state index in [9.17, 15) is 9.59 Å². The number of likely N-dealkylation sites (tertiary alicyclic amines) is 1. The molecule has 6 rings (SSSR count). The summed E-state index contributed by atoms with van der Waals surface area (Å²) in [5.41, 5.74) is 4.04. The van der Waals surface area contributed by atoms with E-state index in [4.69, 9.17) is 10.8 Å². The Labute approximate surface area is 240 Å². The van der Waals surface area contributed by atoms with Crippen molar-refractivity contribution in [2.24, 2.45) is 33.6 Å². The zero-order valence-electron chi connectivity index (χ0n) is 23.5. The van der Waals surface area contributed by atoms with Crippen LogP contribution in [0.15, 0.2) is 101 Å². The van der Waals surface area contributed by atoms with Gasteiger partial charge < -0.3 is 15.1 Å². The summed E-state index contributed by atoms with van der Waals surface area (Å²) in [4.78, 5) is 39.0. The number of hydrogen-bond acceptors (Lipinski definition) is 6. The highest BCUT2D eigenvalue weighted by Crippen LogP contribution is 2.48. The van der Waals surface area contributed by atoms with Crippen LogP contribution in [-0.4, -0.2) is 72.0 Å². The molecule has 2 fully saturated rings. The third-order valence-corrected chi connectivity index (χ3v) is 8.44. The monoisotopic (exact) mass is 550 g/mol. The maximum absolute atomic E-state index is 12.8. The molecular formula is C32H36N7O2+. The number of nitrogens with one attached hydrogen (secondary N) is 1. The van der Waals surface area contributed by atoms with E-state index in [1.807, 2.05) is 84.9 Å². The number of nitrogens with zero attached hydrogens (tertiary/aromatic N) is 5. The molecule has 9 heteroatoms. The lowest BCUT2D eigenvalue weighted by atomic mass is 10.00. The Morgan fingerprint density at radius 1 is 1.07 bits per heavy atom. The van der Waals surface area contributed by atoms with Gasteiger partial charge in [-0.25, -0.2) is 0 Å². The Hall–Kier alpha value is -4.18. The third kappa shape index (κ3) is 5.31. The molecule has 2 aromatic carbocycles. The number of fused-ring (bicyclic) bond motifs is 2. The molecule has 210 valence electrons. The number of anilines is 1. The molecule has 0 aromatic heterocycles. The third-order valence-electron chi connectivity index (χ3n) is 8.44. The van der Waals surface area contributed by atoms with Crippen molar-refractivity contribution < 1.29 is 14.2 Å². The van der Waals surface area contributed by atoms with E-state index >= 15 is 0 Å². The Morgan fingerprint density at radius 3 is 2.46 bits per heavy atom. The van der Waals surface area contributed by atoms with Crippen LogP contribution in [0.4, 0.5) is 5.69 Å². The fourth-order valence-electron chi connectivity index (χ4n) is 6.37. The number of quaternary nitrogens is 1. The maximum atomic E-state index is 12.8. The molecule has 0 spiro atoms. The molecule has 41 heavy (non-hydrogen) atoms. The van der Waals surface area contributed by atoms with Crippen LogP contribution in [-0.2, 0) is 4.79 Å². The van der Waals surface area contributed by atoms with Crippen LogP contribution in [0, 0.1) is 17.8 Å². The minimum Gasteiger partial charge on any atom is -0.339 e. The SMILES string of the molecule is CN(C)C/C=C/C(=O)N1CC2CC(C3=C4C=NC=C[N+]4(N)C(c4ccc(C(=O)Nc5ccccc5)cc4)=N3)CC2C1. The average molecular weight is 551 g/mol. The van der Waals surface area contributed by atoms with Crippen LogP contribution in [0.5, 0.6) is 0 Å². The fraction of sp³-hybridized carbons (Fsp3) is 0.312. The summed E-state index contributed by atoms with van der Waals surface area (Å²) in [6, 6.07) is 16.8. The van der Waals surface area contributed by atoms with Gasteiger partial charge in [-0.2, -0.15) is 10.8 Å². The normalized spacial score (nSPS) is 26.6. The summed E-state index contributed by atoms with van der Waals surface area (Å²) >= 11 is 0. The summed E-state index contributed by atoms with van der Waals surface area (Å²) in [5, 5.41) is 2.92. The number of amidine groups is 1. The highest BCUT2D eigenvalue weighted by atomic mass is 16.2. The number of benzene rings is 2. The zero-order chi connectivity index (χ0) is 28.6. The van der Waals surface area contributed by atoms with Gasteiger partial charge in [0.1, 0.15) is 11.9 Å². The smallest absolute Gasteiger partial charge is 0.264 e. The van der Waals surface area contributed by atoms with Crippen molar-refractivity contribution in [3.63, 3.8) is 0 Å². The highest BCUT2D eigenvalue weighted by Gasteiger charge is 2.50. The lowest BCUT2D eigenvalue weighted by Gasteiger charge is -2.26. The van der Waals surface area contributed by atoms with Gasteiger partial charge in [0.25, 0.3) is 11.7 Å². The summed E-state index contributed by atoms with van der Waals surface area (Å²) in [6.45, 7) is 2.33. The van der Waals surface area contributed by atoms with E-state index < -0.39 is 0 Å². The number of carbonyl (C=O) groups is 2. The number of rotatable bonds is 7. The first-order chi connectivity index (χ1) is 19.8. The van der Waals surface area contributed by atoms with Gasteiger partial charge in [0.15, 0.2) is 0 Å². The van der Waals surface area contributed by atoms with Crippen molar-refractivity contribution >= 4 is 29.6 Å². The predicted molar refractivity (Wildman–Crippen MR) is 160 cm³/mol. The Balaban J connectivity index is 1.17. The van der Waals surface area contributed by atoms with Crippen LogP contribution in [0.25, 0.3) is 0 Å². The van der Waals surface area contributed by atoms with Gasteiger partial charge in [0.2, 0.25) is 11.6 Å². The Morgan fingerprint density at radius 2 is 1.78 bits per heavy atom. The van der Waals surface area contributed by atoms with E-state index in [2.05, 4.69) is 10.3 Å². The largest absolute Gasteiger partial charge is 0.339 e. The van der Waals surface area contributed by atoms with Crippen molar-refractivity contribution in [1.82, 2.24) is 9.80 Å². The fourth-order valence-corrected chi connectivity index (χ4v) is 6.37. The second-order valence-electron chi connectivity index (χ2n) is 11.6. The molecule has 0 radical (unpaired) electrons. The lowest BCUT2D eigenvalue weighted by Crippen LogP contribution is -2.53. The van der Waals surface area contributed by atoms with Gasteiger partial charge in [0, 0.05) is 42.9 Å². The molecule has 3 atom stereocenters. The van der Waals surface area contributed by atoms with Gasteiger partial charge in [-0.1, -0.05) is 24.3 Å². The molecule has 3 N–H and O–H groups in total. The molecule has 1 saturated heterocycles. The molecular weight excluding hydrogens is 514 g/mol. The molecule has 3 heterocycles. The van der Waals surface area contributed by atoms with E-state index in [1.165, 1.54) is 0 Å². The first-order valence-electron chi connectivity index (χ1n) is 14.1. The number of carbonyl (C=O) groups excluding carboxylic acids is 2. The number of nitrogens with two attached hydrogens (primary N) is 1. The molecule has 1 aliphatic carbocycles. The van der Waals surface area contributed by atoms with Gasteiger partial charge in [-0.3, -0.25) is 14.6 Å². The van der Waals surface area contributed by atoms with E-state index in [0.29, 0.717) is 23.2 Å². The number of likely N-dealkylation sites (N-methyl/N-ethyl adjacent to an activating group) is 1. The molecule has 3 aliphatic heterocycles. The minimum absolute atomic E-state index is 0.0402. The molecule has 9 nitrogen and oxygen atoms in total. The van der Waals surface area contributed by atoms with Gasteiger partial charge in [-0.05, 0) is 75.2 Å². The summed E-state index contributed by atoms with van der Waals surface area (Å²) < 4.78 is -0.0402. The van der Waals surface area contributed by atoms with Crippen molar-refractivity contribution in [2.45, 2.75) is 12.8 Å². The summed E-state index contributed by atoms with van der Waals surface area (Å²) in [6.07, 6.45) is 11.0. The second-order valence-corrected chi connectivity index (χ2v) is 11.6. The second kappa shape index (κ2) is 11.0. The van der Waals surface area contributed by atoms with Crippen LogP contribution in [0.3, 0.4) is 0 Å². The van der Waals surface area contributed by atoms with Crippen LogP contribution >= 0.6 is 0 Å². The summed E-state index contributed by atoms with van der Waals surface area (Å²) in [7, 11) is 3.98. The summed E-state index contributed by atoms with van der Waals surface area (Å²) in [5.74, 6) is 8.79. The number of hydrogen-bond donors (Lipinski definition) is 2. The Bertz CT molecular complexity index is 1480. The average Bonchev–Trinajstić information content (AvgIpc) is 3.63. The van der Waals surface area contributed by atoms with Gasteiger partial charge >= 0.3 is 0 Å². The predicted octanol–water partition coefficient (Wildman–Crippen LogP) is 3.76. The first kappa shape index (κ1) is 27.0. The number of aliphatic imine (C=N–C) groups is 2. The van der Waals surface area contributed by atoms with E-state index in [1.54, 1.807) is 24.4 Å². The highest BCUT2D eigenvalue weighted by molar-refractivity contribution is 6.05. The molecule has 0 bridgehead atoms. The number of amides is 2. The lowest BCUT2D eigenvalue weighted by molar-refractivity contribution is -0.750. The topological polar surface area (TPSA) is 103 Å². The van der Waals surface area contributed by atoms with Crippen LogP contribution < -0.4 is 11.2 Å². The number of para-hydroxylation sites is 1. The molecule has 3 unspecified atom stereocenters. The molecule has 2 aromatic rings. The van der Waals surface area contributed by atoms with E-state index in [0.717, 1.165) is 55.1 Å². The van der Waals surface area contributed by atoms with Crippen molar-refractivity contribution in [2.75, 3.05) is 39.0 Å². The molecule has 4 aliphatic rings. The van der Waals surface area contributed by atoms with Crippen LogP contribution in [0.2, 0.25) is 0 Å². The molecule has 1 saturated carbocycles. The Kier molecular flexibility index (Phi) is 7.25. The minimum atomic E-state index is -0.171. The number of allylic oxidation sites excluding steroid dienone is 2. The van der Waals surface area contributed by atoms with E-state index in [-0.39, 0.29) is 22.3 Å². The van der Waals surface area contributed by atoms with Gasteiger partial charge in [0.05, 0.1) is 18.0 Å². The van der Waals surface area contributed by atoms with Crippen molar-refractivity contribution in [1.29, 1.82) is 0 Å². The maximum Gasteiger partial charge on any atom is 0.264 e. The van der Waals surface area contributed by atoms with Crippen molar-refractivity contribution in [3.05, 3.63) is 102 Å². The first-order valence-corrected chi connectivity index (χ1v) is 14.1. The van der Waals surface area contributed by atoms with Crippen molar-refractivity contribution in [3.8, 4) is 0 Å². The standard InChI is InChI=1S/C32H35N7O2/c1-37(2)15-6-9-29(40)38-20-25-17-24(18-26(25)21-38)30-28-19-34-14-16-39(28,33)31(36-30)22-10-12-23(13-11-22)32(41)35-27-7-4-3-5-8-27/h3-14,16,19,24-26H,15,17-18,20-21,33H2,1-2H3/p+1/b9-6+. The van der Waals surface area contributed by atoms with Gasteiger partial charge in [-0.15, -0.1) is 4.59 Å². The quantitative estimate of drug-likeness (QED) is 0.311. The molecule has 2 amide bonds. The van der Waals surface area contributed by atoms with Crippen LogP contribution in [0.1, 0.15) is 28.8 Å². The zero-order valence-corrected chi connectivity index (χ0v) is 23.5.